The fraction of sp³-hybridized carbons (Fsp3) is 0.480. The minimum atomic E-state index is 0.0490. The van der Waals surface area contributed by atoms with Crippen molar-refractivity contribution in [1.82, 2.24) is 24.8 Å². The van der Waals surface area contributed by atoms with Crippen LogP contribution in [0.4, 0.5) is 5.95 Å². The third-order valence-corrected chi connectivity index (χ3v) is 6.93. The molecule has 7 heteroatoms. The number of aromatic nitrogens is 3. The van der Waals surface area contributed by atoms with Gasteiger partial charge >= 0.3 is 0 Å². The number of nitrogens with zero attached hydrogens (tertiary/aromatic N) is 4. The summed E-state index contributed by atoms with van der Waals surface area (Å²) in [4.78, 5) is 25.7. The fourth-order valence-electron chi connectivity index (χ4n) is 5.00. The molecular weight excluding hydrogens is 400 g/mol. The highest BCUT2D eigenvalue weighted by Crippen LogP contribution is 2.28. The number of nitrogens with one attached hydrogen (secondary N) is 2. The molecular formula is C25H32N6O. The van der Waals surface area contributed by atoms with Crippen LogP contribution in [0, 0.1) is 6.92 Å². The van der Waals surface area contributed by atoms with Gasteiger partial charge in [-0.25, -0.2) is 4.98 Å². The topological polar surface area (TPSA) is 75.1 Å². The SMILES string of the molecule is Cc1ccccc1-c1cc2cnc(NC3CCNCC3)nc2n(C2CCN(C)CC2)c1=O. The average molecular weight is 433 g/mol. The summed E-state index contributed by atoms with van der Waals surface area (Å²) in [5.41, 5.74) is 3.61. The highest BCUT2D eigenvalue weighted by atomic mass is 16.1. The van der Waals surface area contributed by atoms with Gasteiger partial charge in [0.2, 0.25) is 5.95 Å². The van der Waals surface area contributed by atoms with Crippen LogP contribution in [-0.2, 0) is 0 Å². The van der Waals surface area contributed by atoms with Crippen molar-refractivity contribution in [2.24, 2.45) is 0 Å². The first-order valence-corrected chi connectivity index (χ1v) is 11.7. The second-order valence-corrected chi connectivity index (χ2v) is 9.22. The molecule has 0 saturated carbocycles. The van der Waals surface area contributed by atoms with Crippen LogP contribution in [-0.4, -0.2) is 58.7 Å². The lowest BCUT2D eigenvalue weighted by molar-refractivity contribution is 0.221. The Hall–Kier alpha value is -2.77. The fourth-order valence-corrected chi connectivity index (χ4v) is 5.00. The second-order valence-electron chi connectivity index (χ2n) is 9.22. The third-order valence-electron chi connectivity index (χ3n) is 6.93. The van der Waals surface area contributed by atoms with Gasteiger partial charge in [-0.2, -0.15) is 4.98 Å². The minimum Gasteiger partial charge on any atom is -0.351 e. The number of pyridine rings is 1. The van der Waals surface area contributed by atoms with Crippen molar-refractivity contribution in [3.63, 3.8) is 0 Å². The van der Waals surface area contributed by atoms with Crippen molar-refractivity contribution in [2.45, 2.75) is 44.7 Å². The summed E-state index contributed by atoms with van der Waals surface area (Å²) in [5.74, 6) is 0.620. The molecule has 0 unspecified atom stereocenters. The van der Waals surface area contributed by atoms with E-state index in [1.807, 2.05) is 35.0 Å². The number of anilines is 1. The molecule has 0 amide bonds. The van der Waals surface area contributed by atoms with E-state index in [-0.39, 0.29) is 11.6 Å². The Balaban J connectivity index is 1.63. The maximum absolute atomic E-state index is 13.9. The van der Waals surface area contributed by atoms with Crippen molar-refractivity contribution in [1.29, 1.82) is 0 Å². The Labute approximate surface area is 188 Å². The zero-order valence-corrected chi connectivity index (χ0v) is 19.0. The lowest BCUT2D eigenvalue weighted by Crippen LogP contribution is -2.37. The molecule has 0 atom stereocenters. The summed E-state index contributed by atoms with van der Waals surface area (Å²) in [6, 6.07) is 10.6. The van der Waals surface area contributed by atoms with Crippen molar-refractivity contribution in [2.75, 3.05) is 38.5 Å². The maximum atomic E-state index is 13.9. The number of fused-ring (bicyclic) bond motifs is 1. The van der Waals surface area contributed by atoms with Gasteiger partial charge in [-0.05, 0) is 83.0 Å². The van der Waals surface area contributed by atoms with Crippen LogP contribution in [0.3, 0.4) is 0 Å². The van der Waals surface area contributed by atoms with Gasteiger partial charge in [-0.3, -0.25) is 9.36 Å². The standard InChI is InChI=1S/C25H32N6O/c1-17-5-3-4-6-21(17)22-15-18-16-27-25(28-19-7-11-26-12-8-19)29-23(18)31(24(22)32)20-9-13-30(2)14-10-20/h3-6,15-16,19-20,26H,7-14H2,1-2H3,(H,27,28,29). The number of piperidine rings is 2. The zero-order valence-electron chi connectivity index (χ0n) is 19.0. The van der Waals surface area contributed by atoms with Crippen LogP contribution in [0.15, 0.2) is 41.3 Å². The van der Waals surface area contributed by atoms with Crippen LogP contribution >= 0.6 is 0 Å². The summed E-state index contributed by atoms with van der Waals surface area (Å²) in [6.07, 6.45) is 5.87. The number of benzene rings is 1. The molecule has 2 aromatic heterocycles. The third kappa shape index (κ3) is 4.14. The van der Waals surface area contributed by atoms with E-state index in [4.69, 9.17) is 4.98 Å². The molecule has 0 radical (unpaired) electrons. The Morgan fingerprint density at radius 2 is 1.81 bits per heavy atom. The number of hydrogen-bond acceptors (Lipinski definition) is 6. The summed E-state index contributed by atoms with van der Waals surface area (Å²) in [6.45, 7) is 6.04. The van der Waals surface area contributed by atoms with Gasteiger partial charge in [0.25, 0.3) is 5.56 Å². The van der Waals surface area contributed by atoms with Gasteiger partial charge in [0.1, 0.15) is 5.65 Å². The first-order chi connectivity index (χ1) is 15.6. The molecule has 0 aliphatic carbocycles. The number of hydrogen-bond donors (Lipinski definition) is 2. The van der Waals surface area contributed by atoms with Crippen LogP contribution in [0.2, 0.25) is 0 Å². The van der Waals surface area contributed by atoms with E-state index >= 15 is 0 Å². The molecule has 2 saturated heterocycles. The molecule has 168 valence electrons. The Bertz CT molecular complexity index is 1160. The molecule has 2 N–H and O–H groups in total. The van der Waals surface area contributed by atoms with Crippen molar-refractivity contribution < 1.29 is 0 Å². The lowest BCUT2D eigenvalue weighted by Gasteiger charge is -2.31. The number of rotatable bonds is 4. The Kier molecular flexibility index (Phi) is 5.93. The van der Waals surface area contributed by atoms with E-state index in [0.29, 0.717) is 12.0 Å². The quantitative estimate of drug-likeness (QED) is 0.660. The molecule has 2 aliphatic rings. The Morgan fingerprint density at radius 3 is 2.56 bits per heavy atom. The predicted molar refractivity (Wildman–Crippen MR) is 129 cm³/mol. The first kappa shape index (κ1) is 21.1. The smallest absolute Gasteiger partial charge is 0.260 e. The summed E-state index contributed by atoms with van der Waals surface area (Å²) in [5, 5.41) is 7.80. The van der Waals surface area contributed by atoms with Gasteiger partial charge in [0, 0.05) is 29.2 Å². The molecule has 4 heterocycles. The van der Waals surface area contributed by atoms with Crippen molar-refractivity contribution in [3.8, 4) is 11.1 Å². The molecule has 0 spiro atoms. The van der Waals surface area contributed by atoms with Gasteiger partial charge in [-0.15, -0.1) is 0 Å². The number of likely N-dealkylation sites (tertiary alicyclic amines) is 1. The Morgan fingerprint density at radius 1 is 1.06 bits per heavy atom. The highest BCUT2D eigenvalue weighted by Gasteiger charge is 2.24. The minimum absolute atomic E-state index is 0.0490. The maximum Gasteiger partial charge on any atom is 0.260 e. The molecule has 0 bridgehead atoms. The van der Waals surface area contributed by atoms with E-state index < -0.39 is 0 Å². The normalized spacial score (nSPS) is 18.8. The van der Waals surface area contributed by atoms with Crippen LogP contribution in [0.5, 0.6) is 0 Å². The van der Waals surface area contributed by atoms with E-state index in [2.05, 4.69) is 40.6 Å². The van der Waals surface area contributed by atoms with E-state index in [0.717, 1.165) is 79.6 Å². The van der Waals surface area contributed by atoms with E-state index in [1.54, 1.807) is 0 Å². The molecule has 32 heavy (non-hydrogen) atoms. The summed E-state index contributed by atoms with van der Waals surface area (Å²) in [7, 11) is 2.14. The van der Waals surface area contributed by atoms with Crippen molar-refractivity contribution >= 4 is 17.0 Å². The van der Waals surface area contributed by atoms with Gasteiger partial charge in [-0.1, -0.05) is 24.3 Å². The van der Waals surface area contributed by atoms with Crippen LogP contribution in [0.1, 0.15) is 37.3 Å². The second kappa shape index (κ2) is 9.00. The van der Waals surface area contributed by atoms with Crippen molar-refractivity contribution in [3.05, 3.63) is 52.4 Å². The van der Waals surface area contributed by atoms with Crippen LogP contribution < -0.4 is 16.2 Å². The monoisotopic (exact) mass is 432 g/mol. The molecule has 2 aliphatic heterocycles. The van der Waals surface area contributed by atoms with E-state index in [1.165, 1.54) is 0 Å². The van der Waals surface area contributed by atoms with Gasteiger partial charge in [0.05, 0.1) is 0 Å². The molecule has 5 rings (SSSR count). The predicted octanol–water partition coefficient (Wildman–Crippen LogP) is 3.20. The first-order valence-electron chi connectivity index (χ1n) is 11.7. The lowest BCUT2D eigenvalue weighted by atomic mass is 9.99. The zero-order chi connectivity index (χ0) is 22.1. The van der Waals surface area contributed by atoms with Gasteiger partial charge in [0.15, 0.2) is 0 Å². The summed E-state index contributed by atoms with van der Waals surface area (Å²) >= 11 is 0. The molecule has 1 aromatic carbocycles. The number of aryl methyl sites for hydroxylation is 1. The largest absolute Gasteiger partial charge is 0.351 e. The van der Waals surface area contributed by atoms with Crippen LogP contribution in [0.25, 0.3) is 22.2 Å². The molecule has 3 aromatic rings. The molecule has 2 fully saturated rings. The molecule has 7 nitrogen and oxygen atoms in total. The summed E-state index contributed by atoms with van der Waals surface area (Å²) < 4.78 is 1.96. The van der Waals surface area contributed by atoms with Gasteiger partial charge < -0.3 is 15.5 Å². The average Bonchev–Trinajstić information content (AvgIpc) is 2.81. The van der Waals surface area contributed by atoms with E-state index in [9.17, 15) is 4.79 Å². The highest BCUT2D eigenvalue weighted by molar-refractivity contribution is 5.82.